The Bertz CT molecular complexity index is 406. The van der Waals surface area contributed by atoms with Gasteiger partial charge in [-0.1, -0.05) is 30.4 Å². The van der Waals surface area contributed by atoms with Gasteiger partial charge in [0.15, 0.2) is 0 Å². The van der Waals surface area contributed by atoms with Crippen molar-refractivity contribution in [3.63, 3.8) is 0 Å². The first-order valence-electron chi connectivity index (χ1n) is 8.11. The van der Waals surface area contributed by atoms with E-state index in [-0.39, 0.29) is 0 Å². The molecule has 4 atom stereocenters. The summed E-state index contributed by atoms with van der Waals surface area (Å²) in [6.07, 6.45) is 13.1. The number of hydrogen-bond acceptors (Lipinski definition) is 1. The third-order valence-electron chi connectivity index (χ3n) is 6.25. The van der Waals surface area contributed by atoms with Crippen LogP contribution in [0.5, 0.6) is 0 Å². The van der Waals surface area contributed by atoms with Gasteiger partial charge in [0.1, 0.15) is 5.78 Å². The van der Waals surface area contributed by atoms with E-state index in [2.05, 4.69) is 0 Å². The molecule has 0 aromatic carbocycles. The van der Waals surface area contributed by atoms with Gasteiger partial charge in [-0.15, -0.1) is 0 Å². The Balaban J connectivity index is 1.80. The maximum absolute atomic E-state index is 12.3. The maximum atomic E-state index is 12.3. The predicted octanol–water partition coefficient (Wildman–Crippen LogP) is 4.27. The van der Waals surface area contributed by atoms with Crippen molar-refractivity contribution in [2.45, 2.75) is 64.2 Å². The molecule has 1 nitrogen and oxygen atoms in total. The van der Waals surface area contributed by atoms with Crippen molar-refractivity contribution in [1.82, 2.24) is 0 Å². The van der Waals surface area contributed by atoms with Crippen molar-refractivity contribution in [2.75, 3.05) is 0 Å². The van der Waals surface area contributed by atoms with Gasteiger partial charge in [-0.3, -0.25) is 4.79 Å². The average molecular weight is 244 g/mol. The van der Waals surface area contributed by atoms with E-state index in [1.165, 1.54) is 51.4 Å². The van der Waals surface area contributed by atoms with Crippen LogP contribution in [0, 0.1) is 23.7 Å². The summed E-state index contributed by atoms with van der Waals surface area (Å²) in [4.78, 5) is 12.3. The van der Waals surface area contributed by atoms with Crippen molar-refractivity contribution in [1.29, 1.82) is 0 Å². The third kappa shape index (κ3) is 1.49. The van der Waals surface area contributed by atoms with Crippen LogP contribution in [-0.2, 0) is 4.79 Å². The van der Waals surface area contributed by atoms with E-state index < -0.39 is 0 Å². The summed E-state index contributed by atoms with van der Waals surface area (Å²) in [7, 11) is 0. The Kier molecular flexibility index (Phi) is 2.63. The second-order valence-corrected chi connectivity index (χ2v) is 6.96. The maximum Gasteiger partial charge on any atom is 0.140 e. The van der Waals surface area contributed by atoms with Gasteiger partial charge in [0, 0.05) is 12.3 Å². The summed E-state index contributed by atoms with van der Waals surface area (Å²) in [6.45, 7) is 0. The van der Waals surface area contributed by atoms with Gasteiger partial charge < -0.3 is 0 Å². The van der Waals surface area contributed by atoms with Gasteiger partial charge in [-0.05, 0) is 56.3 Å². The number of Topliss-reactive ketones (excluding diaryl/α,β-unsaturated/α-hetero) is 1. The Labute approximate surface area is 110 Å². The lowest BCUT2D eigenvalue weighted by atomic mass is 9.57. The highest BCUT2D eigenvalue weighted by molar-refractivity contribution is 5.88. The van der Waals surface area contributed by atoms with E-state index in [0.29, 0.717) is 11.7 Å². The number of fused-ring (bicyclic) bond motifs is 5. The van der Waals surface area contributed by atoms with Gasteiger partial charge in [0.25, 0.3) is 0 Å². The Morgan fingerprint density at radius 1 is 0.722 bits per heavy atom. The summed E-state index contributed by atoms with van der Waals surface area (Å²) in [5.74, 6) is 3.50. The van der Waals surface area contributed by atoms with Gasteiger partial charge in [-0.2, -0.15) is 0 Å². The zero-order chi connectivity index (χ0) is 12.1. The second kappa shape index (κ2) is 4.21. The lowest BCUT2D eigenvalue weighted by molar-refractivity contribution is -0.123. The van der Waals surface area contributed by atoms with Crippen LogP contribution in [0.3, 0.4) is 0 Å². The van der Waals surface area contributed by atoms with Gasteiger partial charge in [0.05, 0.1) is 0 Å². The van der Waals surface area contributed by atoms with Crippen molar-refractivity contribution in [3.8, 4) is 0 Å². The van der Waals surface area contributed by atoms with E-state index in [1.807, 2.05) is 0 Å². The number of allylic oxidation sites excluding steroid dienone is 2. The first kappa shape index (κ1) is 11.3. The molecule has 4 rings (SSSR count). The molecule has 0 amide bonds. The zero-order valence-electron chi connectivity index (χ0n) is 11.3. The van der Waals surface area contributed by atoms with Gasteiger partial charge in [0.2, 0.25) is 0 Å². The molecule has 0 aromatic heterocycles. The second-order valence-electron chi connectivity index (χ2n) is 6.96. The molecular formula is C17H24O. The molecule has 3 saturated carbocycles. The van der Waals surface area contributed by atoms with Crippen LogP contribution in [0.25, 0.3) is 0 Å². The molecule has 0 spiro atoms. The van der Waals surface area contributed by atoms with Crippen LogP contribution in [-0.4, -0.2) is 5.78 Å². The molecule has 0 saturated heterocycles. The molecule has 3 fully saturated rings. The van der Waals surface area contributed by atoms with E-state index in [4.69, 9.17) is 0 Å². The smallest absolute Gasteiger partial charge is 0.140 e. The standard InChI is InChI=1S/C17H24O/c18-16-10-9-15-13-7-2-1-5-11(13)12-6-3-4-8-14(12)17(15)16/h11-12,14,17H,1-10H2. The Morgan fingerprint density at radius 2 is 1.50 bits per heavy atom. The minimum Gasteiger partial charge on any atom is -0.299 e. The minimum absolute atomic E-state index is 0.389. The summed E-state index contributed by atoms with van der Waals surface area (Å²) in [6, 6.07) is 0. The Hall–Kier alpha value is -0.590. The normalized spacial score (nSPS) is 43.4. The van der Waals surface area contributed by atoms with Crippen molar-refractivity contribution < 1.29 is 4.79 Å². The quantitative estimate of drug-likeness (QED) is 0.581. The minimum atomic E-state index is 0.389. The van der Waals surface area contributed by atoms with Crippen LogP contribution >= 0.6 is 0 Å². The van der Waals surface area contributed by atoms with Crippen LogP contribution in [0.15, 0.2) is 11.1 Å². The molecule has 0 aromatic rings. The number of carbonyl (C=O) groups excluding carboxylic acids is 1. The molecule has 1 heteroatoms. The summed E-state index contributed by atoms with van der Waals surface area (Å²) < 4.78 is 0. The van der Waals surface area contributed by atoms with Crippen molar-refractivity contribution >= 4 is 5.78 Å². The molecule has 18 heavy (non-hydrogen) atoms. The topological polar surface area (TPSA) is 17.1 Å². The lowest BCUT2D eigenvalue weighted by Gasteiger charge is -2.48. The number of rotatable bonds is 0. The van der Waals surface area contributed by atoms with Crippen molar-refractivity contribution in [2.24, 2.45) is 23.7 Å². The fraction of sp³-hybridized carbons (Fsp3) is 0.824. The SMILES string of the molecule is O=C1CCC2=C3CCCCC3C3CCCCC3C12. The first-order valence-corrected chi connectivity index (χ1v) is 8.11. The highest BCUT2D eigenvalue weighted by Crippen LogP contribution is 2.56. The van der Waals surface area contributed by atoms with E-state index in [1.54, 1.807) is 11.1 Å². The molecular weight excluding hydrogens is 220 g/mol. The summed E-state index contributed by atoms with van der Waals surface area (Å²) >= 11 is 0. The molecule has 0 aliphatic heterocycles. The van der Waals surface area contributed by atoms with Crippen LogP contribution in [0.2, 0.25) is 0 Å². The number of hydrogen-bond donors (Lipinski definition) is 0. The monoisotopic (exact) mass is 244 g/mol. The fourth-order valence-electron chi connectivity index (χ4n) is 5.63. The highest BCUT2D eigenvalue weighted by atomic mass is 16.1. The molecule has 4 unspecified atom stereocenters. The molecule has 4 aliphatic rings. The summed E-state index contributed by atoms with van der Waals surface area (Å²) in [5, 5.41) is 0. The van der Waals surface area contributed by atoms with Crippen molar-refractivity contribution in [3.05, 3.63) is 11.1 Å². The van der Waals surface area contributed by atoms with E-state index in [0.717, 1.165) is 30.6 Å². The molecule has 4 aliphatic carbocycles. The Morgan fingerprint density at radius 3 is 2.39 bits per heavy atom. The molecule has 0 heterocycles. The molecule has 0 N–H and O–H groups in total. The first-order chi connectivity index (χ1) is 8.86. The van der Waals surface area contributed by atoms with Gasteiger partial charge in [-0.25, -0.2) is 0 Å². The lowest BCUT2D eigenvalue weighted by Crippen LogP contribution is -2.40. The third-order valence-corrected chi connectivity index (χ3v) is 6.25. The zero-order valence-corrected chi connectivity index (χ0v) is 11.3. The predicted molar refractivity (Wildman–Crippen MR) is 72.2 cm³/mol. The van der Waals surface area contributed by atoms with Gasteiger partial charge >= 0.3 is 0 Å². The highest BCUT2D eigenvalue weighted by Gasteiger charge is 2.49. The van der Waals surface area contributed by atoms with E-state index in [9.17, 15) is 4.79 Å². The van der Waals surface area contributed by atoms with Crippen LogP contribution in [0.1, 0.15) is 64.2 Å². The largest absolute Gasteiger partial charge is 0.299 e. The number of ketones is 1. The molecule has 98 valence electrons. The molecule has 0 radical (unpaired) electrons. The summed E-state index contributed by atoms with van der Waals surface area (Å²) in [5.41, 5.74) is 3.42. The van der Waals surface area contributed by atoms with E-state index >= 15 is 0 Å². The molecule has 0 bridgehead atoms. The van der Waals surface area contributed by atoms with Crippen LogP contribution in [0.4, 0.5) is 0 Å². The average Bonchev–Trinajstić information content (AvgIpc) is 2.82. The number of carbonyl (C=O) groups is 1. The fourth-order valence-corrected chi connectivity index (χ4v) is 5.63. The van der Waals surface area contributed by atoms with Crippen LogP contribution < -0.4 is 0 Å².